The standard InChI is InChI=1S/C45H51N7O4/c1-31-5-4-6-34(23-31)45(17-21-51(22-18-45)36-24-39(48-46-25-36)38-7-2-3-8-40(38)53)43(56)52-29-44(30-52)27-49(28-44)26-32-15-19-50(20-16-32)35-11-9-33(10-12-35)37-13-14-41(54)47-42(37)55/h2-12,23-25,32,37,53H,13-22,26-30H2,1H3,(H,47,54,55)/t37-/m0/s1. The Balaban J connectivity index is 0.779. The Morgan fingerprint density at radius 2 is 1.57 bits per heavy atom. The van der Waals surface area contributed by atoms with Gasteiger partial charge in [-0.15, -0.1) is 0 Å². The maximum Gasteiger partial charge on any atom is 0.234 e. The number of anilines is 2. The second kappa shape index (κ2) is 14.7. The van der Waals surface area contributed by atoms with Crippen molar-refractivity contribution < 1.29 is 19.5 Å². The van der Waals surface area contributed by atoms with Gasteiger partial charge in [-0.2, -0.15) is 10.2 Å². The van der Waals surface area contributed by atoms with Crippen LogP contribution in [0.4, 0.5) is 11.4 Å². The van der Waals surface area contributed by atoms with Gasteiger partial charge in [0.2, 0.25) is 17.7 Å². The van der Waals surface area contributed by atoms with E-state index in [0.717, 1.165) is 101 Å². The third-order valence-electron chi connectivity index (χ3n) is 13.3. The number of likely N-dealkylation sites (tertiary alicyclic amines) is 2. The lowest BCUT2D eigenvalue weighted by molar-refractivity contribution is -0.166. The third-order valence-corrected chi connectivity index (χ3v) is 13.3. The molecule has 3 aromatic carbocycles. The minimum absolute atomic E-state index is 0.179. The molecule has 0 radical (unpaired) electrons. The predicted octanol–water partition coefficient (Wildman–Crippen LogP) is 5.28. The molecular weight excluding hydrogens is 703 g/mol. The first kappa shape index (κ1) is 36.4. The molecular formula is C45H51N7O4. The number of benzene rings is 3. The van der Waals surface area contributed by atoms with Crippen molar-refractivity contribution in [3.05, 3.63) is 102 Å². The molecule has 0 bridgehead atoms. The quantitative estimate of drug-likeness (QED) is 0.232. The Morgan fingerprint density at radius 3 is 2.29 bits per heavy atom. The van der Waals surface area contributed by atoms with E-state index in [2.05, 4.69) is 90.6 Å². The Morgan fingerprint density at radius 1 is 0.839 bits per heavy atom. The van der Waals surface area contributed by atoms with E-state index in [0.29, 0.717) is 30.0 Å². The van der Waals surface area contributed by atoms with E-state index in [1.165, 1.54) is 11.3 Å². The molecule has 11 heteroatoms. The molecule has 5 aliphatic heterocycles. The van der Waals surface area contributed by atoms with Crippen molar-refractivity contribution in [2.45, 2.75) is 56.8 Å². The number of aryl methyl sites for hydroxylation is 1. The average molecular weight is 754 g/mol. The van der Waals surface area contributed by atoms with Crippen molar-refractivity contribution in [1.29, 1.82) is 0 Å². The number of aromatic nitrogens is 2. The fourth-order valence-corrected chi connectivity index (χ4v) is 10.2. The van der Waals surface area contributed by atoms with E-state index in [-0.39, 0.29) is 34.8 Å². The normalized spacial score (nSPS) is 22.4. The topological polar surface area (TPSA) is 122 Å². The third kappa shape index (κ3) is 6.91. The van der Waals surface area contributed by atoms with Crippen LogP contribution in [0.2, 0.25) is 0 Å². The van der Waals surface area contributed by atoms with E-state index in [1.54, 1.807) is 18.3 Å². The minimum Gasteiger partial charge on any atom is -0.507 e. The second-order valence-corrected chi connectivity index (χ2v) is 17.1. The molecule has 5 saturated heterocycles. The van der Waals surface area contributed by atoms with Crippen LogP contribution in [-0.2, 0) is 19.8 Å². The van der Waals surface area contributed by atoms with Crippen LogP contribution in [0.1, 0.15) is 61.1 Å². The number of imide groups is 1. The molecule has 290 valence electrons. The first-order chi connectivity index (χ1) is 27.2. The molecule has 1 spiro atoms. The van der Waals surface area contributed by atoms with Crippen LogP contribution >= 0.6 is 0 Å². The predicted molar refractivity (Wildman–Crippen MR) is 215 cm³/mol. The highest BCUT2D eigenvalue weighted by Gasteiger charge is 2.56. The van der Waals surface area contributed by atoms with Crippen molar-refractivity contribution in [3.8, 4) is 17.0 Å². The van der Waals surface area contributed by atoms with Crippen LogP contribution in [0, 0.1) is 18.3 Å². The van der Waals surface area contributed by atoms with E-state index in [9.17, 15) is 19.5 Å². The van der Waals surface area contributed by atoms with Gasteiger partial charge in [-0.05, 0) is 86.4 Å². The summed E-state index contributed by atoms with van der Waals surface area (Å²) in [4.78, 5) is 48.0. The van der Waals surface area contributed by atoms with Crippen LogP contribution in [-0.4, -0.2) is 102 Å². The summed E-state index contributed by atoms with van der Waals surface area (Å²) < 4.78 is 0. The van der Waals surface area contributed by atoms with Gasteiger partial charge in [-0.1, -0.05) is 54.1 Å². The molecule has 3 amide bonds. The summed E-state index contributed by atoms with van der Waals surface area (Å²) in [6.45, 7) is 10.5. The molecule has 0 aliphatic carbocycles. The number of hydrogen-bond acceptors (Lipinski definition) is 9. The number of hydrogen-bond donors (Lipinski definition) is 2. The first-order valence-corrected chi connectivity index (χ1v) is 20.3. The number of phenols is 1. The molecule has 6 heterocycles. The summed E-state index contributed by atoms with van der Waals surface area (Å²) in [7, 11) is 0. The highest BCUT2D eigenvalue weighted by atomic mass is 16.3. The van der Waals surface area contributed by atoms with Crippen LogP contribution in [0.5, 0.6) is 5.75 Å². The molecule has 0 unspecified atom stereocenters. The number of amides is 3. The molecule has 2 N–H and O–H groups in total. The summed E-state index contributed by atoms with van der Waals surface area (Å²) in [6, 6.07) is 26.1. The largest absolute Gasteiger partial charge is 0.507 e. The monoisotopic (exact) mass is 753 g/mol. The van der Waals surface area contributed by atoms with Crippen LogP contribution in [0.15, 0.2) is 85.1 Å². The maximum atomic E-state index is 14.6. The molecule has 5 aliphatic rings. The lowest BCUT2D eigenvalue weighted by atomic mass is 9.67. The van der Waals surface area contributed by atoms with Crippen LogP contribution < -0.4 is 15.1 Å². The zero-order chi connectivity index (χ0) is 38.4. The van der Waals surface area contributed by atoms with Crippen LogP contribution in [0.25, 0.3) is 11.3 Å². The zero-order valence-electron chi connectivity index (χ0n) is 32.2. The van der Waals surface area contributed by atoms with Crippen molar-refractivity contribution >= 4 is 29.1 Å². The first-order valence-electron chi connectivity index (χ1n) is 20.3. The van der Waals surface area contributed by atoms with Gasteiger partial charge >= 0.3 is 0 Å². The van der Waals surface area contributed by atoms with Crippen molar-refractivity contribution in [3.63, 3.8) is 0 Å². The van der Waals surface area contributed by atoms with Gasteiger partial charge in [-0.3, -0.25) is 19.7 Å². The molecule has 9 rings (SSSR count). The minimum atomic E-state index is -0.562. The van der Waals surface area contributed by atoms with E-state index in [1.807, 2.05) is 18.2 Å². The summed E-state index contributed by atoms with van der Waals surface area (Å²) in [6.07, 6.45) is 6.51. The Kier molecular flexibility index (Phi) is 9.51. The SMILES string of the molecule is Cc1cccc(C2(C(=O)N3CC4(CN(CC5CCN(c6ccc([C@@H]7CCC(=O)NC7=O)cc6)CC5)C4)C3)CCN(c3cnnc(-c4ccccc4O)c3)CC2)c1. The van der Waals surface area contributed by atoms with E-state index in [4.69, 9.17) is 0 Å². The number of carbonyl (C=O) groups excluding carboxylic acids is 3. The highest BCUT2D eigenvalue weighted by molar-refractivity contribution is 6.01. The molecule has 1 atom stereocenters. The fraction of sp³-hybridized carbons (Fsp3) is 0.444. The van der Waals surface area contributed by atoms with Crippen LogP contribution in [0.3, 0.4) is 0 Å². The number of nitrogens with one attached hydrogen (secondary N) is 1. The van der Waals surface area contributed by atoms with Crippen molar-refractivity contribution in [2.24, 2.45) is 11.3 Å². The van der Waals surface area contributed by atoms with Gasteiger partial charge < -0.3 is 24.7 Å². The van der Waals surface area contributed by atoms with Gasteiger partial charge in [0.05, 0.1) is 28.9 Å². The summed E-state index contributed by atoms with van der Waals surface area (Å²) in [5, 5.41) is 21.5. The van der Waals surface area contributed by atoms with Gasteiger partial charge in [0.1, 0.15) is 5.75 Å². The van der Waals surface area contributed by atoms with Crippen molar-refractivity contribution in [1.82, 2.24) is 25.3 Å². The number of nitrogens with zero attached hydrogens (tertiary/aromatic N) is 6. The van der Waals surface area contributed by atoms with Gasteiger partial charge in [0.15, 0.2) is 0 Å². The lowest BCUT2D eigenvalue weighted by Crippen LogP contribution is -2.74. The molecule has 11 nitrogen and oxygen atoms in total. The smallest absolute Gasteiger partial charge is 0.234 e. The number of aromatic hydroxyl groups is 1. The fourth-order valence-electron chi connectivity index (χ4n) is 10.2. The van der Waals surface area contributed by atoms with Gasteiger partial charge in [-0.25, -0.2) is 0 Å². The number of phenolic OH excluding ortho intramolecular Hbond substituents is 1. The number of carbonyl (C=O) groups is 3. The molecule has 4 aromatic rings. The van der Waals surface area contributed by atoms with Gasteiger partial charge in [0, 0.05) is 82.0 Å². The van der Waals surface area contributed by atoms with E-state index >= 15 is 0 Å². The Hall–Kier alpha value is -5.29. The summed E-state index contributed by atoms with van der Waals surface area (Å²) >= 11 is 0. The number of para-hydroxylation sites is 1. The zero-order valence-corrected chi connectivity index (χ0v) is 32.2. The molecule has 1 aromatic heterocycles. The molecule has 0 saturated carbocycles. The Bertz CT molecular complexity index is 2110. The number of rotatable bonds is 8. The molecule has 5 fully saturated rings. The Labute approximate surface area is 328 Å². The summed E-state index contributed by atoms with van der Waals surface area (Å²) in [5.74, 6) is 0.508. The molecule has 56 heavy (non-hydrogen) atoms. The maximum absolute atomic E-state index is 14.6. The lowest BCUT2D eigenvalue weighted by Gasteiger charge is -2.62. The van der Waals surface area contributed by atoms with Gasteiger partial charge in [0.25, 0.3) is 0 Å². The van der Waals surface area contributed by atoms with Crippen molar-refractivity contribution in [2.75, 3.05) is 68.7 Å². The highest BCUT2D eigenvalue weighted by Crippen LogP contribution is 2.46. The number of piperidine rings is 3. The second-order valence-electron chi connectivity index (χ2n) is 17.1. The average Bonchev–Trinajstić information content (AvgIpc) is 3.19. The van der Waals surface area contributed by atoms with E-state index < -0.39 is 5.41 Å². The summed E-state index contributed by atoms with van der Waals surface area (Å²) in [5.41, 5.74) is 6.37.